The third-order valence-corrected chi connectivity index (χ3v) is 4.00. The van der Waals surface area contributed by atoms with Gasteiger partial charge in [-0.05, 0) is 35.2 Å². The Kier molecular flexibility index (Phi) is 6.63. The van der Waals surface area contributed by atoms with E-state index >= 15 is 0 Å². The molecule has 0 atom stereocenters. The topological polar surface area (TPSA) is 15.3 Å². The second-order valence-electron chi connectivity index (χ2n) is 5.54. The largest absolute Gasteiger partial charge is 0.314 e. The van der Waals surface area contributed by atoms with E-state index in [-0.39, 0.29) is 0 Å². The molecular formula is C20H28N2. The fourth-order valence-corrected chi connectivity index (χ4v) is 2.86. The van der Waals surface area contributed by atoms with Crippen molar-refractivity contribution >= 4 is 0 Å². The van der Waals surface area contributed by atoms with Crippen LogP contribution in [0.25, 0.3) is 11.1 Å². The van der Waals surface area contributed by atoms with Crippen molar-refractivity contribution < 1.29 is 0 Å². The minimum Gasteiger partial charge on any atom is -0.314 e. The Morgan fingerprint density at radius 2 is 1.68 bits per heavy atom. The molecule has 0 aromatic heterocycles. The highest BCUT2D eigenvalue weighted by Crippen LogP contribution is 2.24. The number of hydrogen-bond acceptors (Lipinski definition) is 2. The highest BCUT2D eigenvalue weighted by Gasteiger charge is 2.10. The van der Waals surface area contributed by atoms with Crippen LogP contribution in [0.2, 0.25) is 0 Å². The molecule has 0 radical (unpaired) electrons. The maximum absolute atomic E-state index is 3.40. The van der Waals surface area contributed by atoms with Gasteiger partial charge in [0.15, 0.2) is 0 Å². The van der Waals surface area contributed by atoms with Gasteiger partial charge in [-0.1, -0.05) is 56.3 Å². The lowest BCUT2D eigenvalue weighted by Crippen LogP contribution is -2.42. The van der Waals surface area contributed by atoms with E-state index in [1.807, 2.05) is 13.8 Å². The Morgan fingerprint density at radius 3 is 2.41 bits per heavy atom. The monoisotopic (exact) mass is 296 g/mol. The van der Waals surface area contributed by atoms with Gasteiger partial charge in [-0.3, -0.25) is 4.90 Å². The van der Waals surface area contributed by atoms with Gasteiger partial charge in [0.25, 0.3) is 0 Å². The minimum atomic E-state index is 1.06. The molecule has 0 saturated carbocycles. The number of piperazine rings is 1. The van der Waals surface area contributed by atoms with Crippen LogP contribution < -0.4 is 5.32 Å². The molecule has 2 aromatic rings. The van der Waals surface area contributed by atoms with Crippen LogP contribution in [0.3, 0.4) is 0 Å². The summed E-state index contributed by atoms with van der Waals surface area (Å²) in [7, 11) is 0. The second kappa shape index (κ2) is 8.72. The third-order valence-electron chi connectivity index (χ3n) is 4.00. The van der Waals surface area contributed by atoms with E-state index in [2.05, 4.69) is 65.7 Å². The number of benzene rings is 2. The van der Waals surface area contributed by atoms with Crippen molar-refractivity contribution in [2.24, 2.45) is 0 Å². The van der Waals surface area contributed by atoms with Crippen molar-refractivity contribution in [1.82, 2.24) is 10.2 Å². The average molecular weight is 296 g/mol. The van der Waals surface area contributed by atoms with Gasteiger partial charge in [0.05, 0.1) is 0 Å². The molecule has 0 amide bonds. The summed E-state index contributed by atoms with van der Waals surface area (Å²) in [6.45, 7) is 11.7. The molecule has 2 heteroatoms. The lowest BCUT2D eigenvalue weighted by Gasteiger charge is -2.27. The molecule has 1 aliphatic rings. The maximum atomic E-state index is 3.40. The molecule has 0 bridgehead atoms. The molecule has 0 aliphatic carbocycles. The quantitative estimate of drug-likeness (QED) is 0.917. The lowest BCUT2D eigenvalue weighted by atomic mass is 9.99. The van der Waals surface area contributed by atoms with Gasteiger partial charge in [0, 0.05) is 32.7 Å². The van der Waals surface area contributed by atoms with Gasteiger partial charge in [-0.2, -0.15) is 0 Å². The fourth-order valence-electron chi connectivity index (χ4n) is 2.86. The highest BCUT2D eigenvalue weighted by atomic mass is 15.2. The zero-order valence-electron chi connectivity index (χ0n) is 14.1. The first-order valence-corrected chi connectivity index (χ1v) is 8.41. The van der Waals surface area contributed by atoms with Crippen LogP contribution in [-0.2, 0) is 6.54 Å². The molecule has 1 aliphatic heterocycles. The predicted molar refractivity (Wildman–Crippen MR) is 96.1 cm³/mol. The third kappa shape index (κ3) is 4.43. The Balaban J connectivity index is 0.000000847. The van der Waals surface area contributed by atoms with E-state index < -0.39 is 0 Å². The Labute approximate surface area is 135 Å². The second-order valence-corrected chi connectivity index (χ2v) is 5.54. The number of aryl methyl sites for hydroxylation is 1. The first-order valence-electron chi connectivity index (χ1n) is 8.41. The molecular weight excluding hydrogens is 268 g/mol. The molecule has 2 aromatic carbocycles. The number of rotatable bonds is 3. The van der Waals surface area contributed by atoms with Crippen LogP contribution in [0.15, 0.2) is 48.5 Å². The Hall–Kier alpha value is -1.64. The van der Waals surface area contributed by atoms with Crippen LogP contribution in [0.4, 0.5) is 0 Å². The number of nitrogens with zero attached hydrogens (tertiary/aromatic N) is 1. The Bertz CT molecular complexity index is 571. The van der Waals surface area contributed by atoms with Gasteiger partial charge < -0.3 is 5.32 Å². The smallest absolute Gasteiger partial charge is 0.0235 e. The summed E-state index contributed by atoms with van der Waals surface area (Å²) in [6, 6.07) is 17.6. The summed E-state index contributed by atoms with van der Waals surface area (Å²) in [5, 5.41) is 3.40. The standard InChI is InChI=1S/C18H22N2.C2H6/c1-15-5-2-3-8-18(15)17-7-4-6-16(13-17)14-20-11-9-19-10-12-20;1-2/h2-8,13,19H,9-12,14H2,1H3;1-2H3. The van der Waals surface area contributed by atoms with Crippen LogP contribution in [0.1, 0.15) is 25.0 Å². The molecule has 0 spiro atoms. The van der Waals surface area contributed by atoms with E-state index in [9.17, 15) is 0 Å². The van der Waals surface area contributed by atoms with Crippen molar-refractivity contribution in [1.29, 1.82) is 0 Å². The molecule has 22 heavy (non-hydrogen) atoms. The summed E-state index contributed by atoms with van der Waals surface area (Å²) in [4.78, 5) is 2.52. The predicted octanol–water partition coefficient (Wildman–Crippen LogP) is 4.09. The van der Waals surface area contributed by atoms with Gasteiger partial charge >= 0.3 is 0 Å². The lowest BCUT2D eigenvalue weighted by molar-refractivity contribution is 0.233. The molecule has 1 saturated heterocycles. The molecule has 1 N–H and O–H groups in total. The van der Waals surface area contributed by atoms with E-state index in [1.54, 1.807) is 0 Å². The fraction of sp³-hybridized carbons (Fsp3) is 0.400. The molecule has 1 fully saturated rings. The van der Waals surface area contributed by atoms with E-state index in [0.717, 1.165) is 32.7 Å². The summed E-state index contributed by atoms with van der Waals surface area (Å²) in [5.41, 5.74) is 5.42. The average Bonchev–Trinajstić information content (AvgIpc) is 2.58. The summed E-state index contributed by atoms with van der Waals surface area (Å²) < 4.78 is 0. The van der Waals surface area contributed by atoms with Crippen molar-refractivity contribution in [3.8, 4) is 11.1 Å². The van der Waals surface area contributed by atoms with E-state index in [4.69, 9.17) is 0 Å². The van der Waals surface area contributed by atoms with Crippen LogP contribution >= 0.6 is 0 Å². The highest BCUT2D eigenvalue weighted by molar-refractivity contribution is 5.67. The van der Waals surface area contributed by atoms with Crippen molar-refractivity contribution in [2.45, 2.75) is 27.3 Å². The van der Waals surface area contributed by atoms with Crippen molar-refractivity contribution in [3.63, 3.8) is 0 Å². The zero-order valence-corrected chi connectivity index (χ0v) is 14.1. The molecule has 2 nitrogen and oxygen atoms in total. The van der Waals surface area contributed by atoms with E-state index in [1.165, 1.54) is 22.3 Å². The first kappa shape index (κ1) is 16.7. The van der Waals surface area contributed by atoms with Gasteiger partial charge in [0.1, 0.15) is 0 Å². The van der Waals surface area contributed by atoms with Crippen LogP contribution in [0, 0.1) is 6.92 Å². The van der Waals surface area contributed by atoms with Gasteiger partial charge in [-0.15, -0.1) is 0 Å². The number of hydrogen-bond donors (Lipinski definition) is 1. The molecule has 3 rings (SSSR count). The number of nitrogens with one attached hydrogen (secondary N) is 1. The SMILES string of the molecule is CC.Cc1ccccc1-c1cccc(CN2CCNCC2)c1. The zero-order chi connectivity index (χ0) is 15.8. The Morgan fingerprint density at radius 1 is 0.955 bits per heavy atom. The normalized spacial score (nSPS) is 15.0. The van der Waals surface area contributed by atoms with Crippen molar-refractivity contribution in [2.75, 3.05) is 26.2 Å². The summed E-state index contributed by atoms with van der Waals surface area (Å²) in [6.07, 6.45) is 0. The minimum absolute atomic E-state index is 1.06. The summed E-state index contributed by atoms with van der Waals surface area (Å²) >= 11 is 0. The summed E-state index contributed by atoms with van der Waals surface area (Å²) in [5.74, 6) is 0. The van der Waals surface area contributed by atoms with Crippen LogP contribution in [-0.4, -0.2) is 31.1 Å². The molecule has 0 unspecified atom stereocenters. The van der Waals surface area contributed by atoms with Gasteiger partial charge in [0.2, 0.25) is 0 Å². The first-order chi connectivity index (χ1) is 10.8. The van der Waals surface area contributed by atoms with E-state index in [0.29, 0.717) is 0 Å². The van der Waals surface area contributed by atoms with Crippen molar-refractivity contribution in [3.05, 3.63) is 59.7 Å². The van der Waals surface area contributed by atoms with Gasteiger partial charge in [-0.25, -0.2) is 0 Å². The maximum Gasteiger partial charge on any atom is 0.0235 e. The molecule has 1 heterocycles. The van der Waals surface area contributed by atoms with Crippen LogP contribution in [0.5, 0.6) is 0 Å². The molecule has 118 valence electrons.